The smallest absolute Gasteiger partial charge is 0.354 e. The van der Waals surface area contributed by atoms with Gasteiger partial charge in [-0.25, -0.2) is 14.8 Å². The van der Waals surface area contributed by atoms with Crippen LogP contribution in [0.4, 0.5) is 5.95 Å². The van der Waals surface area contributed by atoms with Gasteiger partial charge in [-0.15, -0.1) is 0 Å². The van der Waals surface area contributed by atoms with Crippen LogP contribution in [-0.2, 0) is 0 Å². The number of aryl methyl sites for hydroxylation is 1. The summed E-state index contributed by atoms with van der Waals surface area (Å²) in [6.07, 6.45) is 4.36. The lowest BCUT2D eigenvalue weighted by Crippen LogP contribution is -2.20. The van der Waals surface area contributed by atoms with Crippen LogP contribution in [0.3, 0.4) is 0 Å². The predicted molar refractivity (Wildman–Crippen MR) is 88.4 cm³/mol. The highest BCUT2D eigenvalue weighted by molar-refractivity contribution is 5.85. The third-order valence-electron chi connectivity index (χ3n) is 3.28. The number of anilines is 1. The quantitative estimate of drug-likeness (QED) is 0.878. The molecule has 2 N–H and O–H groups in total. The molecule has 23 heavy (non-hydrogen) atoms. The molecule has 1 unspecified atom stereocenters. The van der Waals surface area contributed by atoms with Crippen LogP contribution in [0.2, 0.25) is 0 Å². The van der Waals surface area contributed by atoms with Gasteiger partial charge in [0.15, 0.2) is 5.69 Å². The van der Waals surface area contributed by atoms with Gasteiger partial charge in [-0.3, -0.25) is 4.98 Å². The zero-order chi connectivity index (χ0) is 17.0. The van der Waals surface area contributed by atoms with Gasteiger partial charge in [0.05, 0.1) is 6.04 Å². The lowest BCUT2D eigenvalue weighted by molar-refractivity contribution is 0.0690. The Hall–Kier alpha value is -2.50. The summed E-state index contributed by atoms with van der Waals surface area (Å²) in [5.74, 6) is -0.743. The van der Waals surface area contributed by atoms with E-state index in [4.69, 9.17) is 5.11 Å². The van der Waals surface area contributed by atoms with Crippen molar-refractivity contribution in [3.05, 3.63) is 47.5 Å². The van der Waals surface area contributed by atoms with Crippen molar-refractivity contribution in [2.75, 3.05) is 5.32 Å². The maximum Gasteiger partial charge on any atom is 0.354 e. The molecule has 0 aliphatic rings. The van der Waals surface area contributed by atoms with Crippen molar-refractivity contribution in [3.8, 4) is 0 Å². The average molecular weight is 314 g/mol. The third kappa shape index (κ3) is 5.02. The van der Waals surface area contributed by atoms with Gasteiger partial charge in [0.1, 0.15) is 0 Å². The van der Waals surface area contributed by atoms with Gasteiger partial charge in [0.25, 0.3) is 0 Å². The number of aromatic carboxylic acids is 1. The Morgan fingerprint density at radius 3 is 2.65 bits per heavy atom. The molecule has 0 radical (unpaired) electrons. The van der Waals surface area contributed by atoms with Gasteiger partial charge in [-0.05, 0) is 36.5 Å². The Morgan fingerprint density at radius 2 is 2.09 bits per heavy atom. The number of hydrogen-bond acceptors (Lipinski definition) is 5. The standard InChI is InChI=1S/C17H22N4O2/c1-11-8-13(15(22)23)20-16(19-11)21-14(9-17(2,3)4)12-6-5-7-18-10-12/h5-8,10,14H,9H2,1-4H3,(H,22,23)(H,19,20,21). The van der Waals surface area contributed by atoms with Gasteiger partial charge in [0, 0.05) is 18.1 Å². The summed E-state index contributed by atoms with van der Waals surface area (Å²) in [5.41, 5.74) is 1.69. The molecule has 0 aliphatic carbocycles. The summed E-state index contributed by atoms with van der Waals surface area (Å²) < 4.78 is 0. The Kier molecular flexibility index (Phi) is 4.93. The van der Waals surface area contributed by atoms with Crippen molar-refractivity contribution in [2.45, 2.75) is 40.2 Å². The minimum absolute atomic E-state index is 0.0132. The van der Waals surface area contributed by atoms with Crippen molar-refractivity contribution < 1.29 is 9.90 Å². The Bertz CT molecular complexity index is 681. The van der Waals surface area contributed by atoms with E-state index in [1.54, 1.807) is 19.3 Å². The summed E-state index contributed by atoms with van der Waals surface area (Å²) in [7, 11) is 0. The van der Waals surface area contributed by atoms with E-state index in [0.29, 0.717) is 11.6 Å². The second kappa shape index (κ2) is 6.73. The monoisotopic (exact) mass is 314 g/mol. The van der Waals surface area contributed by atoms with Crippen LogP contribution in [0.15, 0.2) is 30.6 Å². The number of nitrogens with one attached hydrogen (secondary N) is 1. The van der Waals surface area contributed by atoms with Crippen molar-refractivity contribution >= 4 is 11.9 Å². The average Bonchev–Trinajstić information content (AvgIpc) is 2.45. The third-order valence-corrected chi connectivity index (χ3v) is 3.28. The first-order valence-electron chi connectivity index (χ1n) is 7.50. The molecular weight excluding hydrogens is 292 g/mol. The van der Waals surface area contributed by atoms with E-state index in [0.717, 1.165) is 12.0 Å². The van der Waals surface area contributed by atoms with Crippen molar-refractivity contribution in [1.29, 1.82) is 0 Å². The number of pyridine rings is 1. The van der Waals surface area contributed by atoms with Crippen molar-refractivity contribution in [3.63, 3.8) is 0 Å². The molecule has 0 saturated heterocycles. The Morgan fingerprint density at radius 1 is 1.35 bits per heavy atom. The van der Waals surface area contributed by atoms with Crippen LogP contribution in [0.25, 0.3) is 0 Å². The van der Waals surface area contributed by atoms with E-state index >= 15 is 0 Å². The first-order chi connectivity index (χ1) is 10.7. The summed E-state index contributed by atoms with van der Waals surface area (Å²) in [6.45, 7) is 8.20. The molecule has 0 aromatic carbocycles. The summed E-state index contributed by atoms with van der Waals surface area (Å²) >= 11 is 0. The molecule has 2 heterocycles. The van der Waals surface area contributed by atoms with Gasteiger partial charge < -0.3 is 10.4 Å². The normalized spacial score (nSPS) is 12.7. The minimum Gasteiger partial charge on any atom is -0.477 e. The number of carboxylic acids is 1. The second-order valence-electron chi connectivity index (χ2n) is 6.77. The molecule has 6 nitrogen and oxygen atoms in total. The molecule has 0 fully saturated rings. The van der Waals surface area contributed by atoms with E-state index in [9.17, 15) is 4.79 Å². The molecule has 122 valence electrons. The molecule has 1 atom stereocenters. The molecular formula is C17H22N4O2. The molecule has 0 saturated carbocycles. The Balaban J connectivity index is 2.33. The van der Waals surface area contributed by atoms with Crippen LogP contribution in [0, 0.1) is 12.3 Å². The first kappa shape index (κ1) is 16.9. The number of rotatable bonds is 5. The van der Waals surface area contributed by atoms with Crippen LogP contribution in [0.5, 0.6) is 0 Å². The molecule has 6 heteroatoms. The fourth-order valence-electron chi connectivity index (χ4n) is 2.35. The highest BCUT2D eigenvalue weighted by atomic mass is 16.4. The highest BCUT2D eigenvalue weighted by Crippen LogP contribution is 2.31. The van der Waals surface area contributed by atoms with Crippen molar-refractivity contribution in [1.82, 2.24) is 15.0 Å². The van der Waals surface area contributed by atoms with E-state index in [1.807, 2.05) is 12.1 Å². The zero-order valence-corrected chi connectivity index (χ0v) is 13.9. The number of carbonyl (C=O) groups is 1. The second-order valence-corrected chi connectivity index (χ2v) is 6.77. The first-order valence-corrected chi connectivity index (χ1v) is 7.50. The lowest BCUT2D eigenvalue weighted by atomic mass is 9.86. The number of aromatic nitrogens is 3. The topological polar surface area (TPSA) is 88.0 Å². The number of nitrogens with zero attached hydrogens (tertiary/aromatic N) is 3. The Labute approximate surface area is 136 Å². The molecule has 0 aliphatic heterocycles. The van der Waals surface area contributed by atoms with E-state index in [-0.39, 0.29) is 17.2 Å². The SMILES string of the molecule is Cc1cc(C(=O)O)nc(NC(CC(C)(C)C)c2cccnc2)n1. The number of carboxylic acid groups (broad SMARTS) is 1. The summed E-state index contributed by atoms with van der Waals surface area (Å²) in [4.78, 5) is 23.7. The van der Waals surface area contributed by atoms with Gasteiger partial charge in [-0.1, -0.05) is 26.8 Å². The van der Waals surface area contributed by atoms with E-state index in [2.05, 4.69) is 41.0 Å². The van der Waals surface area contributed by atoms with Crippen LogP contribution in [-0.4, -0.2) is 26.0 Å². The van der Waals surface area contributed by atoms with E-state index < -0.39 is 5.97 Å². The molecule has 2 aromatic rings. The fraction of sp³-hybridized carbons (Fsp3) is 0.412. The summed E-state index contributed by atoms with van der Waals surface area (Å²) in [6, 6.07) is 5.28. The van der Waals surface area contributed by atoms with Gasteiger partial charge in [-0.2, -0.15) is 0 Å². The van der Waals surface area contributed by atoms with Gasteiger partial charge in [0.2, 0.25) is 5.95 Å². The van der Waals surface area contributed by atoms with Crippen LogP contribution < -0.4 is 5.32 Å². The molecule has 0 amide bonds. The lowest BCUT2D eigenvalue weighted by Gasteiger charge is -2.27. The van der Waals surface area contributed by atoms with Crippen LogP contribution >= 0.6 is 0 Å². The van der Waals surface area contributed by atoms with Gasteiger partial charge >= 0.3 is 5.97 Å². The van der Waals surface area contributed by atoms with Crippen LogP contribution in [0.1, 0.15) is 55.0 Å². The number of hydrogen-bond donors (Lipinski definition) is 2. The van der Waals surface area contributed by atoms with E-state index in [1.165, 1.54) is 6.07 Å². The molecule has 2 aromatic heterocycles. The highest BCUT2D eigenvalue weighted by Gasteiger charge is 2.22. The molecule has 2 rings (SSSR count). The maximum atomic E-state index is 11.2. The van der Waals surface area contributed by atoms with Crippen molar-refractivity contribution in [2.24, 2.45) is 5.41 Å². The fourth-order valence-corrected chi connectivity index (χ4v) is 2.35. The molecule has 0 spiro atoms. The molecule has 0 bridgehead atoms. The maximum absolute atomic E-state index is 11.2. The summed E-state index contributed by atoms with van der Waals surface area (Å²) in [5, 5.41) is 12.4. The minimum atomic E-state index is -1.06. The largest absolute Gasteiger partial charge is 0.477 e. The predicted octanol–water partition coefficient (Wildman–Crippen LogP) is 3.47. The zero-order valence-electron chi connectivity index (χ0n) is 13.9.